The summed E-state index contributed by atoms with van der Waals surface area (Å²) in [5.74, 6) is 1.64. The summed E-state index contributed by atoms with van der Waals surface area (Å²) in [5, 5.41) is 4.94. The fourth-order valence-corrected chi connectivity index (χ4v) is 4.62. The van der Waals surface area contributed by atoms with Crippen molar-refractivity contribution in [1.29, 1.82) is 0 Å². The van der Waals surface area contributed by atoms with Crippen LogP contribution in [-0.4, -0.2) is 41.0 Å². The van der Waals surface area contributed by atoms with Crippen LogP contribution in [-0.2, 0) is 6.54 Å². The molecule has 2 heterocycles. The van der Waals surface area contributed by atoms with Crippen molar-refractivity contribution in [2.75, 3.05) is 36.4 Å². The first-order chi connectivity index (χ1) is 16.0. The largest absolute Gasteiger partial charge is 0.351 e. The first-order valence-electron chi connectivity index (χ1n) is 10.8. The van der Waals surface area contributed by atoms with E-state index in [1.54, 1.807) is 0 Å². The van der Waals surface area contributed by atoms with Crippen LogP contribution >= 0.6 is 39.1 Å². The molecule has 0 amide bonds. The Hall–Kier alpha value is -2.38. The molecule has 1 aliphatic rings. The van der Waals surface area contributed by atoms with Gasteiger partial charge in [-0.2, -0.15) is 0 Å². The van der Waals surface area contributed by atoms with Gasteiger partial charge in [-0.15, -0.1) is 0 Å². The van der Waals surface area contributed by atoms with Gasteiger partial charge >= 0.3 is 0 Å². The number of hydrogen-bond acceptors (Lipinski definition) is 5. The molecule has 0 radical (unpaired) electrons. The highest BCUT2D eigenvalue weighted by molar-refractivity contribution is 9.10. The molecule has 1 fully saturated rings. The molecular formula is C25H22BrCl2N5. The maximum atomic E-state index is 6.38. The molecule has 5 rings (SSSR count). The lowest BCUT2D eigenvalue weighted by atomic mass is 10.2. The highest BCUT2D eigenvalue weighted by Crippen LogP contribution is 2.30. The van der Waals surface area contributed by atoms with Gasteiger partial charge in [0, 0.05) is 52.9 Å². The number of piperazine rings is 1. The Kier molecular flexibility index (Phi) is 6.69. The SMILES string of the molecule is Clc1ccc(Cl)c(CN2CCN(c3nc4ccccc4nc3Nc3ccc(Br)cc3)CC2)c1. The molecular weight excluding hydrogens is 521 g/mol. The molecule has 0 aliphatic carbocycles. The van der Waals surface area contributed by atoms with Gasteiger partial charge in [-0.05, 0) is 60.2 Å². The van der Waals surface area contributed by atoms with Crippen LogP contribution in [0.3, 0.4) is 0 Å². The Morgan fingerprint density at radius 1 is 0.848 bits per heavy atom. The predicted molar refractivity (Wildman–Crippen MR) is 141 cm³/mol. The molecule has 8 heteroatoms. The summed E-state index contributed by atoms with van der Waals surface area (Å²) in [6, 6.07) is 21.7. The van der Waals surface area contributed by atoms with E-state index in [2.05, 4.69) is 31.0 Å². The van der Waals surface area contributed by atoms with Crippen LogP contribution in [0.2, 0.25) is 10.0 Å². The Bertz CT molecular complexity index is 1270. The molecule has 4 aromatic rings. The quantitative estimate of drug-likeness (QED) is 0.301. The predicted octanol–water partition coefficient (Wildman–Crippen LogP) is 6.76. The molecule has 0 atom stereocenters. The Balaban J connectivity index is 1.37. The molecule has 0 spiro atoms. The van der Waals surface area contributed by atoms with E-state index in [0.29, 0.717) is 5.02 Å². The van der Waals surface area contributed by atoms with Crippen LogP contribution in [0.1, 0.15) is 5.56 Å². The van der Waals surface area contributed by atoms with Crippen LogP contribution in [0.4, 0.5) is 17.3 Å². The zero-order chi connectivity index (χ0) is 22.8. The number of fused-ring (bicyclic) bond motifs is 1. The minimum Gasteiger partial charge on any atom is -0.351 e. The molecule has 1 aliphatic heterocycles. The van der Waals surface area contributed by atoms with Gasteiger partial charge in [0.25, 0.3) is 0 Å². The Labute approximate surface area is 211 Å². The summed E-state index contributed by atoms with van der Waals surface area (Å²) >= 11 is 16.0. The van der Waals surface area contributed by atoms with Crippen molar-refractivity contribution < 1.29 is 0 Å². The molecule has 33 heavy (non-hydrogen) atoms. The lowest BCUT2D eigenvalue weighted by molar-refractivity contribution is 0.249. The highest BCUT2D eigenvalue weighted by Gasteiger charge is 2.22. The van der Waals surface area contributed by atoms with Gasteiger partial charge in [0.05, 0.1) is 11.0 Å². The number of rotatable bonds is 5. The fourth-order valence-electron chi connectivity index (χ4n) is 3.99. The van der Waals surface area contributed by atoms with Gasteiger partial charge in [0.1, 0.15) is 0 Å². The number of halogens is 3. The molecule has 168 valence electrons. The average Bonchev–Trinajstić information content (AvgIpc) is 2.83. The number of aromatic nitrogens is 2. The number of benzene rings is 3. The standard InChI is InChI=1S/C25H22BrCl2N5/c26-18-5-8-20(9-6-18)29-24-25(31-23-4-2-1-3-22(23)30-24)33-13-11-32(12-14-33)16-17-15-19(27)7-10-21(17)28/h1-10,15H,11-14,16H2,(H,29,30). The third-order valence-corrected chi connectivity index (χ3v) is 6.87. The normalized spacial score (nSPS) is 14.6. The van der Waals surface area contributed by atoms with Crippen LogP contribution in [0.25, 0.3) is 11.0 Å². The van der Waals surface area contributed by atoms with E-state index in [4.69, 9.17) is 33.2 Å². The molecule has 0 unspecified atom stereocenters. The van der Waals surface area contributed by atoms with Crippen molar-refractivity contribution in [3.63, 3.8) is 0 Å². The monoisotopic (exact) mass is 541 g/mol. The molecule has 5 nitrogen and oxygen atoms in total. The first-order valence-corrected chi connectivity index (χ1v) is 12.3. The topological polar surface area (TPSA) is 44.3 Å². The van der Waals surface area contributed by atoms with Crippen molar-refractivity contribution in [3.8, 4) is 0 Å². The van der Waals surface area contributed by atoms with E-state index < -0.39 is 0 Å². The van der Waals surface area contributed by atoms with E-state index in [9.17, 15) is 0 Å². The van der Waals surface area contributed by atoms with E-state index >= 15 is 0 Å². The summed E-state index contributed by atoms with van der Waals surface area (Å²) in [4.78, 5) is 14.6. The second kappa shape index (κ2) is 9.85. The molecule has 1 saturated heterocycles. The number of para-hydroxylation sites is 2. The third-order valence-electron chi connectivity index (χ3n) is 5.73. The van der Waals surface area contributed by atoms with E-state index in [0.717, 1.165) is 76.1 Å². The lowest BCUT2D eigenvalue weighted by Crippen LogP contribution is -2.46. The fraction of sp³-hybridized carbons (Fsp3) is 0.200. The summed E-state index contributed by atoms with van der Waals surface area (Å²) in [6.07, 6.45) is 0. The second-order valence-electron chi connectivity index (χ2n) is 8.02. The van der Waals surface area contributed by atoms with Gasteiger partial charge in [0.2, 0.25) is 0 Å². The molecule has 1 N–H and O–H groups in total. The van der Waals surface area contributed by atoms with Gasteiger partial charge < -0.3 is 10.2 Å². The van der Waals surface area contributed by atoms with Crippen molar-refractivity contribution in [1.82, 2.24) is 14.9 Å². The number of nitrogens with one attached hydrogen (secondary N) is 1. The van der Waals surface area contributed by atoms with Gasteiger partial charge in [-0.25, -0.2) is 9.97 Å². The number of anilines is 3. The number of hydrogen-bond donors (Lipinski definition) is 1. The van der Waals surface area contributed by atoms with Crippen LogP contribution in [0.5, 0.6) is 0 Å². The van der Waals surface area contributed by atoms with Crippen molar-refractivity contribution >= 4 is 67.5 Å². The van der Waals surface area contributed by atoms with Gasteiger partial charge in [0.15, 0.2) is 11.6 Å². The molecule has 0 bridgehead atoms. The zero-order valence-electron chi connectivity index (χ0n) is 17.8. The third kappa shape index (κ3) is 5.25. The minimum absolute atomic E-state index is 0.711. The maximum Gasteiger partial charge on any atom is 0.174 e. The van der Waals surface area contributed by atoms with E-state index in [1.165, 1.54) is 0 Å². The van der Waals surface area contributed by atoms with Crippen molar-refractivity contribution in [3.05, 3.63) is 86.8 Å². The minimum atomic E-state index is 0.711. The van der Waals surface area contributed by atoms with Gasteiger partial charge in [-0.1, -0.05) is 51.3 Å². The van der Waals surface area contributed by atoms with Crippen molar-refractivity contribution in [2.45, 2.75) is 6.54 Å². The van der Waals surface area contributed by atoms with Crippen LogP contribution in [0, 0.1) is 0 Å². The average molecular weight is 543 g/mol. The zero-order valence-corrected chi connectivity index (χ0v) is 20.9. The second-order valence-corrected chi connectivity index (χ2v) is 9.77. The van der Waals surface area contributed by atoms with Crippen LogP contribution in [0.15, 0.2) is 71.2 Å². The summed E-state index contributed by atoms with van der Waals surface area (Å²) in [7, 11) is 0. The number of nitrogens with zero attached hydrogens (tertiary/aromatic N) is 4. The molecule has 0 saturated carbocycles. The van der Waals surface area contributed by atoms with Crippen LogP contribution < -0.4 is 10.2 Å². The summed E-state index contributed by atoms with van der Waals surface area (Å²) < 4.78 is 1.04. The molecule has 3 aromatic carbocycles. The van der Waals surface area contributed by atoms with Crippen molar-refractivity contribution in [2.24, 2.45) is 0 Å². The van der Waals surface area contributed by atoms with E-state index in [-0.39, 0.29) is 0 Å². The first kappa shape index (κ1) is 22.4. The summed E-state index contributed by atoms with van der Waals surface area (Å²) in [5.41, 5.74) is 3.79. The van der Waals surface area contributed by atoms with E-state index in [1.807, 2.05) is 66.7 Å². The highest BCUT2D eigenvalue weighted by atomic mass is 79.9. The summed E-state index contributed by atoms with van der Waals surface area (Å²) in [6.45, 7) is 4.27. The van der Waals surface area contributed by atoms with Gasteiger partial charge in [-0.3, -0.25) is 4.90 Å². The maximum absolute atomic E-state index is 6.38. The Morgan fingerprint density at radius 2 is 1.55 bits per heavy atom. The lowest BCUT2D eigenvalue weighted by Gasteiger charge is -2.36. The Morgan fingerprint density at radius 3 is 2.27 bits per heavy atom. The molecule has 1 aromatic heterocycles. The smallest absolute Gasteiger partial charge is 0.174 e.